The third kappa shape index (κ3) is 4.54. The van der Waals surface area contributed by atoms with E-state index in [2.05, 4.69) is 30.3 Å². The molecule has 0 N–H and O–H groups in total. The largest absolute Gasteiger partial charge is 0.493 e. The standard InChI is InChI=1S/C23H26N2O3/c1-26-21-12-11-19(17-22(21)28-23-10-6-16-27-23)20-13-15-25(24-20)14-5-9-18-7-3-2-4-8-18/h2-4,7-8,11-13,15,17,23H,5-6,9-10,14,16H2,1H3/t23-/m0/s1. The van der Waals surface area contributed by atoms with Crippen molar-refractivity contribution in [2.45, 2.75) is 38.5 Å². The van der Waals surface area contributed by atoms with Gasteiger partial charge in [0, 0.05) is 24.7 Å². The fraction of sp³-hybridized carbons (Fsp3) is 0.348. The van der Waals surface area contributed by atoms with E-state index in [1.54, 1.807) is 7.11 Å². The van der Waals surface area contributed by atoms with Gasteiger partial charge < -0.3 is 14.2 Å². The number of hydrogen-bond donors (Lipinski definition) is 0. The summed E-state index contributed by atoms with van der Waals surface area (Å²) in [6, 6.07) is 18.5. The van der Waals surface area contributed by atoms with Gasteiger partial charge in [-0.2, -0.15) is 5.10 Å². The van der Waals surface area contributed by atoms with Crippen molar-refractivity contribution in [2.75, 3.05) is 13.7 Å². The Labute approximate surface area is 165 Å². The molecule has 1 aliphatic rings. The van der Waals surface area contributed by atoms with Gasteiger partial charge in [-0.25, -0.2) is 0 Å². The normalized spacial score (nSPS) is 16.2. The Hall–Kier alpha value is -2.79. The van der Waals surface area contributed by atoms with Crippen molar-refractivity contribution in [3.8, 4) is 22.8 Å². The molecule has 5 heteroatoms. The summed E-state index contributed by atoms with van der Waals surface area (Å²) in [5.74, 6) is 1.41. The van der Waals surface area contributed by atoms with Gasteiger partial charge in [0.2, 0.25) is 0 Å². The minimum Gasteiger partial charge on any atom is -0.493 e. The second-order valence-electron chi connectivity index (χ2n) is 6.98. The van der Waals surface area contributed by atoms with E-state index >= 15 is 0 Å². The summed E-state index contributed by atoms with van der Waals surface area (Å²) in [6.07, 6.45) is 5.88. The zero-order valence-electron chi connectivity index (χ0n) is 16.2. The van der Waals surface area contributed by atoms with Crippen LogP contribution in [0.1, 0.15) is 24.8 Å². The van der Waals surface area contributed by atoms with Gasteiger partial charge in [0.05, 0.1) is 19.4 Å². The maximum Gasteiger partial charge on any atom is 0.200 e. The molecular weight excluding hydrogens is 352 g/mol. The molecule has 0 bridgehead atoms. The highest BCUT2D eigenvalue weighted by Gasteiger charge is 2.19. The first-order valence-electron chi connectivity index (χ1n) is 9.86. The van der Waals surface area contributed by atoms with Crippen LogP contribution >= 0.6 is 0 Å². The predicted octanol–water partition coefficient (Wildman–Crippen LogP) is 4.71. The molecule has 28 heavy (non-hydrogen) atoms. The predicted molar refractivity (Wildman–Crippen MR) is 109 cm³/mol. The lowest BCUT2D eigenvalue weighted by Crippen LogP contribution is -2.14. The highest BCUT2D eigenvalue weighted by molar-refractivity contribution is 5.63. The molecule has 0 aliphatic carbocycles. The first kappa shape index (κ1) is 18.6. The van der Waals surface area contributed by atoms with Gasteiger partial charge in [-0.15, -0.1) is 0 Å². The Balaban J connectivity index is 1.42. The van der Waals surface area contributed by atoms with Crippen molar-refractivity contribution in [1.29, 1.82) is 0 Å². The topological polar surface area (TPSA) is 45.5 Å². The van der Waals surface area contributed by atoms with Crippen LogP contribution in [0.2, 0.25) is 0 Å². The summed E-state index contributed by atoms with van der Waals surface area (Å²) < 4.78 is 19.0. The van der Waals surface area contributed by atoms with Crippen LogP contribution in [-0.4, -0.2) is 29.8 Å². The van der Waals surface area contributed by atoms with E-state index in [-0.39, 0.29) is 6.29 Å². The van der Waals surface area contributed by atoms with Crippen LogP contribution in [0.5, 0.6) is 11.5 Å². The van der Waals surface area contributed by atoms with Crippen molar-refractivity contribution in [1.82, 2.24) is 9.78 Å². The molecule has 0 unspecified atom stereocenters. The summed E-state index contributed by atoms with van der Waals surface area (Å²) >= 11 is 0. The molecule has 1 aromatic heterocycles. The number of methoxy groups -OCH3 is 1. The molecule has 0 amide bonds. The summed E-state index contributed by atoms with van der Waals surface area (Å²) in [7, 11) is 1.65. The van der Waals surface area contributed by atoms with Crippen LogP contribution < -0.4 is 9.47 Å². The molecule has 1 atom stereocenters. The van der Waals surface area contributed by atoms with Crippen molar-refractivity contribution in [2.24, 2.45) is 0 Å². The van der Waals surface area contributed by atoms with Crippen LogP contribution in [-0.2, 0) is 17.7 Å². The summed E-state index contributed by atoms with van der Waals surface area (Å²) in [5.41, 5.74) is 3.30. The van der Waals surface area contributed by atoms with E-state index in [1.165, 1.54) is 5.56 Å². The van der Waals surface area contributed by atoms with Gasteiger partial charge >= 0.3 is 0 Å². The van der Waals surface area contributed by atoms with E-state index in [9.17, 15) is 0 Å². The Morgan fingerprint density at radius 1 is 1.11 bits per heavy atom. The van der Waals surface area contributed by atoms with E-state index in [1.807, 2.05) is 35.1 Å². The highest BCUT2D eigenvalue weighted by Crippen LogP contribution is 2.34. The van der Waals surface area contributed by atoms with Crippen molar-refractivity contribution in [3.63, 3.8) is 0 Å². The maximum absolute atomic E-state index is 6.00. The van der Waals surface area contributed by atoms with Crippen molar-refractivity contribution < 1.29 is 14.2 Å². The second kappa shape index (κ2) is 8.93. The average Bonchev–Trinajstić information content (AvgIpc) is 3.41. The van der Waals surface area contributed by atoms with Crippen LogP contribution in [0.25, 0.3) is 11.3 Å². The number of hydrogen-bond acceptors (Lipinski definition) is 4. The molecule has 2 heterocycles. The monoisotopic (exact) mass is 378 g/mol. The molecule has 0 spiro atoms. The lowest BCUT2D eigenvalue weighted by atomic mass is 10.1. The van der Waals surface area contributed by atoms with Gasteiger partial charge in [0.15, 0.2) is 17.8 Å². The van der Waals surface area contributed by atoms with Crippen LogP contribution in [0.4, 0.5) is 0 Å². The quantitative estimate of drug-likeness (QED) is 0.570. The van der Waals surface area contributed by atoms with Gasteiger partial charge in [0.25, 0.3) is 0 Å². The molecule has 2 aromatic carbocycles. The zero-order chi connectivity index (χ0) is 19.2. The molecule has 146 valence electrons. The molecule has 4 rings (SSSR count). The number of nitrogens with zero attached hydrogens (tertiary/aromatic N) is 2. The smallest absolute Gasteiger partial charge is 0.200 e. The van der Waals surface area contributed by atoms with Crippen molar-refractivity contribution >= 4 is 0 Å². The minimum absolute atomic E-state index is 0.195. The molecular formula is C23H26N2O3. The number of ether oxygens (including phenoxy) is 3. The number of rotatable bonds is 8. The Bertz CT molecular complexity index is 886. The molecule has 0 radical (unpaired) electrons. The Morgan fingerprint density at radius 3 is 2.79 bits per heavy atom. The first-order chi connectivity index (χ1) is 13.8. The van der Waals surface area contributed by atoms with E-state index in [4.69, 9.17) is 19.3 Å². The van der Waals surface area contributed by atoms with Gasteiger partial charge in [0.1, 0.15) is 0 Å². The molecule has 0 saturated carbocycles. The fourth-order valence-electron chi connectivity index (χ4n) is 3.44. The third-order valence-electron chi connectivity index (χ3n) is 4.94. The van der Waals surface area contributed by atoms with Crippen molar-refractivity contribution in [3.05, 3.63) is 66.4 Å². The summed E-state index contributed by atoms with van der Waals surface area (Å²) in [6.45, 7) is 1.64. The lowest BCUT2D eigenvalue weighted by Gasteiger charge is -2.16. The number of aryl methyl sites for hydroxylation is 2. The van der Waals surface area contributed by atoms with Gasteiger partial charge in [-0.05, 0) is 49.1 Å². The summed E-state index contributed by atoms with van der Waals surface area (Å²) in [5, 5.41) is 4.73. The number of benzene rings is 2. The molecule has 5 nitrogen and oxygen atoms in total. The van der Waals surface area contributed by atoms with Crippen LogP contribution in [0, 0.1) is 0 Å². The zero-order valence-corrected chi connectivity index (χ0v) is 16.2. The molecule has 1 saturated heterocycles. The van der Waals surface area contributed by atoms with Gasteiger partial charge in [-0.3, -0.25) is 4.68 Å². The maximum atomic E-state index is 6.00. The van der Waals surface area contributed by atoms with Gasteiger partial charge in [-0.1, -0.05) is 30.3 Å². The molecule has 1 fully saturated rings. The van der Waals surface area contributed by atoms with E-state index in [0.717, 1.165) is 50.1 Å². The SMILES string of the molecule is COc1ccc(-c2ccn(CCCc3ccccc3)n2)cc1O[C@H]1CCCO1. The lowest BCUT2D eigenvalue weighted by molar-refractivity contribution is -0.0402. The van der Waals surface area contributed by atoms with E-state index in [0.29, 0.717) is 11.5 Å². The third-order valence-corrected chi connectivity index (χ3v) is 4.94. The second-order valence-corrected chi connectivity index (χ2v) is 6.98. The summed E-state index contributed by atoms with van der Waals surface area (Å²) in [4.78, 5) is 0. The van der Waals surface area contributed by atoms with Crippen LogP contribution in [0.15, 0.2) is 60.8 Å². The Morgan fingerprint density at radius 2 is 2.00 bits per heavy atom. The average molecular weight is 378 g/mol. The Kier molecular flexibility index (Phi) is 5.92. The highest BCUT2D eigenvalue weighted by atomic mass is 16.7. The first-order valence-corrected chi connectivity index (χ1v) is 9.86. The molecule has 3 aromatic rings. The number of aromatic nitrogens is 2. The fourth-order valence-corrected chi connectivity index (χ4v) is 3.44. The van der Waals surface area contributed by atoms with Crippen LogP contribution in [0.3, 0.4) is 0 Å². The minimum atomic E-state index is -0.195. The molecule has 1 aliphatic heterocycles. The van der Waals surface area contributed by atoms with E-state index < -0.39 is 0 Å².